The van der Waals surface area contributed by atoms with Crippen LogP contribution < -0.4 is 0 Å². The Kier molecular flexibility index (Phi) is 4.46. The molecule has 0 saturated carbocycles. The van der Waals surface area contributed by atoms with E-state index in [1.165, 1.54) is 5.56 Å². The van der Waals surface area contributed by atoms with E-state index in [9.17, 15) is 9.90 Å². The molecule has 4 rings (SSSR count). The van der Waals surface area contributed by atoms with E-state index in [0.29, 0.717) is 23.5 Å². The van der Waals surface area contributed by atoms with Crippen molar-refractivity contribution in [2.45, 2.75) is 40.2 Å². The number of aryl methyl sites for hydroxylation is 3. The number of carbonyl (C=O) groups is 1. The predicted octanol–water partition coefficient (Wildman–Crippen LogP) is 4.66. The zero-order chi connectivity index (χ0) is 20.0. The van der Waals surface area contributed by atoms with Crippen LogP contribution in [0.5, 0.6) is 5.75 Å². The van der Waals surface area contributed by atoms with E-state index in [4.69, 9.17) is 0 Å². The molecule has 28 heavy (non-hydrogen) atoms. The molecular formula is C23H25N3O2. The van der Waals surface area contributed by atoms with Crippen LogP contribution >= 0.6 is 0 Å². The summed E-state index contributed by atoms with van der Waals surface area (Å²) in [5.74, 6) is 0.154. The molecule has 0 bridgehead atoms. The van der Waals surface area contributed by atoms with E-state index >= 15 is 0 Å². The molecule has 1 aliphatic heterocycles. The number of H-pyrrole nitrogens is 1. The zero-order valence-electron chi connectivity index (χ0n) is 16.7. The first kappa shape index (κ1) is 18.3. The number of hydrogen-bond acceptors (Lipinski definition) is 3. The Hall–Kier alpha value is -3.08. The SMILES string of the molecule is CCCN1C(=O)c2[nH]nc(-c3c(C)cc(C)cc3O)c2C1c1ccc(C)cc1. The molecule has 5 nitrogen and oxygen atoms in total. The minimum atomic E-state index is -0.211. The van der Waals surface area contributed by atoms with Gasteiger partial charge in [-0.1, -0.05) is 42.8 Å². The van der Waals surface area contributed by atoms with Crippen molar-refractivity contribution in [3.63, 3.8) is 0 Å². The second kappa shape index (κ2) is 6.82. The lowest BCUT2D eigenvalue weighted by atomic mass is 9.93. The summed E-state index contributed by atoms with van der Waals surface area (Å²) in [4.78, 5) is 15.0. The number of aromatic nitrogens is 2. The Balaban J connectivity index is 1.94. The fraction of sp³-hybridized carbons (Fsp3) is 0.304. The van der Waals surface area contributed by atoms with Crippen molar-refractivity contribution in [2.24, 2.45) is 0 Å². The van der Waals surface area contributed by atoms with Gasteiger partial charge in [-0.15, -0.1) is 0 Å². The van der Waals surface area contributed by atoms with Crippen LogP contribution in [0.2, 0.25) is 0 Å². The Morgan fingerprint density at radius 3 is 2.46 bits per heavy atom. The summed E-state index contributed by atoms with van der Waals surface area (Å²) in [7, 11) is 0. The summed E-state index contributed by atoms with van der Waals surface area (Å²) >= 11 is 0. The third kappa shape index (κ3) is 2.78. The van der Waals surface area contributed by atoms with Crippen LogP contribution in [0.25, 0.3) is 11.3 Å². The smallest absolute Gasteiger partial charge is 0.273 e. The largest absolute Gasteiger partial charge is 0.507 e. The van der Waals surface area contributed by atoms with Crippen LogP contribution in [0, 0.1) is 20.8 Å². The van der Waals surface area contributed by atoms with Gasteiger partial charge in [0.2, 0.25) is 0 Å². The molecule has 2 N–H and O–H groups in total. The molecule has 0 aliphatic carbocycles. The predicted molar refractivity (Wildman–Crippen MR) is 110 cm³/mol. The van der Waals surface area contributed by atoms with Crippen LogP contribution in [-0.4, -0.2) is 32.7 Å². The number of nitrogens with one attached hydrogen (secondary N) is 1. The third-order valence-electron chi connectivity index (χ3n) is 5.42. The quantitative estimate of drug-likeness (QED) is 0.697. The van der Waals surface area contributed by atoms with Gasteiger partial charge in [-0.3, -0.25) is 9.89 Å². The maximum Gasteiger partial charge on any atom is 0.273 e. The number of rotatable bonds is 4. The summed E-state index contributed by atoms with van der Waals surface area (Å²) in [6.45, 7) is 8.70. The number of benzene rings is 2. The zero-order valence-corrected chi connectivity index (χ0v) is 16.7. The summed E-state index contributed by atoms with van der Waals surface area (Å²) in [5.41, 5.74) is 6.88. The monoisotopic (exact) mass is 375 g/mol. The van der Waals surface area contributed by atoms with Crippen LogP contribution in [0.3, 0.4) is 0 Å². The van der Waals surface area contributed by atoms with Crippen molar-refractivity contribution in [2.75, 3.05) is 6.54 Å². The number of aromatic hydroxyl groups is 1. The minimum Gasteiger partial charge on any atom is -0.507 e. The average molecular weight is 375 g/mol. The molecule has 0 spiro atoms. The Labute approximate surface area is 165 Å². The lowest BCUT2D eigenvalue weighted by Gasteiger charge is -2.26. The Morgan fingerprint density at radius 2 is 1.82 bits per heavy atom. The molecule has 5 heteroatoms. The van der Waals surface area contributed by atoms with E-state index in [2.05, 4.69) is 48.3 Å². The van der Waals surface area contributed by atoms with Crippen LogP contribution in [0.15, 0.2) is 36.4 Å². The molecule has 3 aromatic rings. The number of fused-ring (bicyclic) bond motifs is 1. The first-order chi connectivity index (χ1) is 13.4. The number of nitrogens with zero attached hydrogens (tertiary/aromatic N) is 2. The molecular weight excluding hydrogens is 350 g/mol. The highest BCUT2D eigenvalue weighted by atomic mass is 16.3. The van der Waals surface area contributed by atoms with E-state index in [1.807, 2.05) is 24.8 Å². The standard InChI is InChI=1S/C23H25N3O2/c1-5-10-26-22(16-8-6-13(2)7-9-16)19-20(24-25-21(19)23(26)28)18-15(4)11-14(3)12-17(18)27/h6-9,11-12,22,27H,5,10H2,1-4H3,(H,24,25). The molecule has 1 amide bonds. The van der Waals surface area contributed by atoms with Crippen molar-refractivity contribution in [1.82, 2.24) is 15.1 Å². The van der Waals surface area contributed by atoms with Crippen molar-refractivity contribution in [1.29, 1.82) is 0 Å². The number of carbonyl (C=O) groups excluding carboxylic acids is 1. The van der Waals surface area contributed by atoms with Crippen LogP contribution in [0.1, 0.15) is 57.7 Å². The highest BCUT2D eigenvalue weighted by Gasteiger charge is 2.42. The van der Waals surface area contributed by atoms with Crippen molar-refractivity contribution < 1.29 is 9.90 Å². The van der Waals surface area contributed by atoms with Crippen molar-refractivity contribution in [3.8, 4) is 17.0 Å². The highest BCUT2D eigenvalue weighted by molar-refractivity contribution is 6.00. The molecule has 1 atom stereocenters. The number of hydrogen-bond donors (Lipinski definition) is 2. The highest BCUT2D eigenvalue weighted by Crippen LogP contribution is 2.45. The summed E-state index contributed by atoms with van der Waals surface area (Å²) in [5, 5.41) is 18.1. The molecule has 0 saturated heterocycles. The van der Waals surface area contributed by atoms with E-state index in [0.717, 1.165) is 28.7 Å². The lowest BCUT2D eigenvalue weighted by Crippen LogP contribution is -2.30. The number of phenols is 1. The summed E-state index contributed by atoms with van der Waals surface area (Å²) in [6.07, 6.45) is 0.871. The number of aromatic amines is 1. The van der Waals surface area contributed by atoms with Gasteiger partial charge in [-0.25, -0.2) is 0 Å². The average Bonchev–Trinajstić information content (AvgIpc) is 3.16. The van der Waals surface area contributed by atoms with Gasteiger partial charge >= 0.3 is 0 Å². The maximum absolute atomic E-state index is 13.1. The van der Waals surface area contributed by atoms with E-state index < -0.39 is 0 Å². The van der Waals surface area contributed by atoms with Gasteiger partial charge in [0.05, 0.1) is 6.04 Å². The second-order valence-electron chi connectivity index (χ2n) is 7.65. The molecule has 1 aromatic heterocycles. The van der Waals surface area contributed by atoms with Gasteiger partial charge in [0.25, 0.3) is 5.91 Å². The third-order valence-corrected chi connectivity index (χ3v) is 5.42. The molecule has 0 fully saturated rings. The lowest BCUT2D eigenvalue weighted by molar-refractivity contribution is 0.0744. The van der Waals surface area contributed by atoms with Gasteiger partial charge < -0.3 is 10.0 Å². The second-order valence-corrected chi connectivity index (χ2v) is 7.65. The summed E-state index contributed by atoms with van der Waals surface area (Å²) in [6, 6.07) is 11.8. The number of phenolic OH excluding ortho intramolecular Hbond substituents is 1. The molecule has 0 radical (unpaired) electrons. The minimum absolute atomic E-state index is 0.0366. The van der Waals surface area contributed by atoms with Crippen LogP contribution in [0.4, 0.5) is 0 Å². The molecule has 1 unspecified atom stereocenters. The number of amides is 1. The van der Waals surface area contributed by atoms with Gasteiger partial charge in [-0.05, 0) is 49.9 Å². The topological polar surface area (TPSA) is 69.2 Å². The van der Waals surface area contributed by atoms with E-state index in [-0.39, 0.29) is 17.7 Å². The first-order valence-electron chi connectivity index (χ1n) is 9.68. The van der Waals surface area contributed by atoms with Crippen molar-refractivity contribution >= 4 is 5.91 Å². The molecule has 2 aromatic carbocycles. The van der Waals surface area contributed by atoms with Gasteiger partial charge in [0, 0.05) is 17.7 Å². The van der Waals surface area contributed by atoms with Gasteiger partial charge in [0.1, 0.15) is 17.1 Å². The normalized spacial score (nSPS) is 15.9. The Bertz CT molecular complexity index is 1030. The Morgan fingerprint density at radius 1 is 1.11 bits per heavy atom. The fourth-order valence-electron chi connectivity index (χ4n) is 4.21. The van der Waals surface area contributed by atoms with Gasteiger partial charge in [-0.2, -0.15) is 5.10 Å². The summed E-state index contributed by atoms with van der Waals surface area (Å²) < 4.78 is 0. The molecule has 1 aliphatic rings. The first-order valence-corrected chi connectivity index (χ1v) is 9.68. The van der Waals surface area contributed by atoms with Gasteiger partial charge in [0.15, 0.2) is 0 Å². The fourth-order valence-corrected chi connectivity index (χ4v) is 4.21. The molecule has 144 valence electrons. The van der Waals surface area contributed by atoms with Crippen LogP contribution in [-0.2, 0) is 0 Å². The molecule has 2 heterocycles. The maximum atomic E-state index is 13.1. The van der Waals surface area contributed by atoms with E-state index in [1.54, 1.807) is 6.07 Å². The van der Waals surface area contributed by atoms with Crippen molar-refractivity contribution in [3.05, 3.63) is 69.9 Å².